The molecule has 2 heterocycles. The van der Waals surface area contributed by atoms with Crippen LogP contribution in [0.15, 0.2) is 103 Å². The summed E-state index contributed by atoms with van der Waals surface area (Å²) in [6.45, 7) is 38.6. The van der Waals surface area contributed by atoms with Gasteiger partial charge in [0.25, 0.3) is 6.71 Å². The van der Waals surface area contributed by atoms with Gasteiger partial charge in [-0.05, 0) is 215 Å². The second-order valence-corrected chi connectivity index (χ2v) is 28.5. The van der Waals surface area contributed by atoms with Crippen LogP contribution in [0.4, 0.5) is 34.1 Å². The number of benzene rings is 6. The molecule has 3 heteroatoms. The molecule has 0 N–H and O–H groups in total. The maximum absolute atomic E-state index is 9.60. The maximum Gasteiger partial charge on any atom is 0.252 e. The van der Waals surface area contributed by atoms with Gasteiger partial charge in [-0.3, -0.25) is 0 Å². The molecule has 0 radical (unpaired) electrons. The second-order valence-electron chi connectivity index (χ2n) is 28.5. The van der Waals surface area contributed by atoms with Gasteiger partial charge in [-0.25, -0.2) is 0 Å². The van der Waals surface area contributed by atoms with Crippen LogP contribution in [-0.2, 0) is 43.3 Å². The smallest absolute Gasteiger partial charge is 0.252 e. The zero-order chi connectivity index (χ0) is 54.7. The van der Waals surface area contributed by atoms with Crippen LogP contribution in [0.1, 0.15) is 214 Å². The Morgan fingerprint density at radius 2 is 0.648 bits per heavy atom. The summed E-state index contributed by atoms with van der Waals surface area (Å²) in [6, 6.07) is 27.9. The molecule has 0 unspecified atom stereocenters. The fraction of sp³-hybridized carbons (Fsp3) is 0.471. The molecule has 2 nitrogen and oxygen atoms in total. The monoisotopic (exact) mass is 942 g/mol. The van der Waals surface area contributed by atoms with Crippen molar-refractivity contribution in [1.82, 2.24) is 0 Å². The molecule has 366 valence electrons. The van der Waals surface area contributed by atoms with Crippen LogP contribution in [0.25, 0.3) is 11.1 Å². The molecule has 12 rings (SSSR count). The number of fused-ring (bicyclic) bond motifs is 8. The van der Waals surface area contributed by atoms with E-state index in [0.717, 1.165) is 85.5 Å². The number of hydrogen-bond donors (Lipinski definition) is 0. The third-order valence-corrected chi connectivity index (χ3v) is 20.0. The predicted octanol–water partition coefficient (Wildman–Crippen LogP) is 16.8. The van der Waals surface area contributed by atoms with Gasteiger partial charge in [0, 0.05) is 34.1 Å². The lowest BCUT2D eigenvalue weighted by Gasteiger charge is -2.49. The van der Waals surface area contributed by atoms with Gasteiger partial charge >= 0.3 is 0 Å². The van der Waals surface area contributed by atoms with Crippen molar-refractivity contribution in [3.05, 3.63) is 148 Å². The van der Waals surface area contributed by atoms with E-state index < -0.39 is 0 Å². The summed E-state index contributed by atoms with van der Waals surface area (Å²) in [5.74, 6) is 0. The molecule has 0 atom stereocenters. The lowest BCUT2D eigenvalue weighted by Crippen LogP contribution is -2.62. The first-order chi connectivity index (χ1) is 35.2. The van der Waals surface area contributed by atoms with Crippen molar-refractivity contribution in [3.8, 4) is 11.1 Å². The molecule has 0 fully saturated rings. The van der Waals surface area contributed by atoms with Gasteiger partial charge < -0.3 is 9.80 Å². The van der Waals surface area contributed by atoms with E-state index in [1.54, 1.807) is 0 Å². The molecule has 6 aromatic carbocycles. The summed E-state index contributed by atoms with van der Waals surface area (Å²) < 4.78 is 46.1. The molecule has 0 saturated heterocycles. The van der Waals surface area contributed by atoms with Crippen molar-refractivity contribution in [1.29, 1.82) is 0 Å². The Bertz CT molecular complexity index is 3310. The minimum absolute atomic E-state index is 0.0212. The first kappa shape index (κ1) is 41.5. The van der Waals surface area contributed by atoms with E-state index in [9.17, 15) is 2.74 Å². The number of nitrogens with zero attached hydrogens (tertiary/aromatic N) is 2. The fourth-order valence-electron chi connectivity index (χ4n) is 14.6. The average Bonchev–Trinajstić information content (AvgIpc) is 3.48. The van der Waals surface area contributed by atoms with Gasteiger partial charge in [-0.15, -0.1) is 0 Å². The van der Waals surface area contributed by atoms with Crippen LogP contribution in [0.2, 0.25) is 0 Å². The Labute approximate surface area is 436 Å². The third-order valence-electron chi connectivity index (χ3n) is 20.0. The Kier molecular flexibility index (Phi) is 8.65. The highest BCUT2D eigenvalue weighted by Crippen LogP contribution is 2.56. The number of rotatable bonds is 3. The maximum atomic E-state index is 9.60. The first-order valence-electron chi connectivity index (χ1n) is 29.7. The first-order valence-corrected chi connectivity index (χ1v) is 27.2. The number of hydrogen-bond acceptors (Lipinski definition) is 2. The molecule has 6 aliphatic rings. The van der Waals surface area contributed by atoms with Crippen LogP contribution < -0.4 is 26.2 Å². The van der Waals surface area contributed by atoms with E-state index in [4.69, 9.17) is 4.11 Å². The summed E-state index contributed by atoms with van der Waals surface area (Å²) in [5.41, 5.74) is 22.0. The molecule has 2 aliphatic heterocycles. The summed E-state index contributed by atoms with van der Waals surface area (Å²) >= 11 is 0. The molecule has 71 heavy (non-hydrogen) atoms. The van der Waals surface area contributed by atoms with E-state index >= 15 is 0 Å². The average molecular weight is 942 g/mol. The molecule has 0 spiro atoms. The van der Waals surface area contributed by atoms with Gasteiger partial charge in [-0.1, -0.05) is 165 Å². The van der Waals surface area contributed by atoms with Gasteiger partial charge in [0.1, 0.15) is 0 Å². The minimum Gasteiger partial charge on any atom is -0.311 e. The fourth-order valence-corrected chi connectivity index (χ4v) is 14.6. The molecular formula is C68H81BN2. The number of anilines is 6. The zero-order valence-electron chi connectivity index (χ0n) is 51.1. The topological polar surface area (TPSA) is 6.48 Å². The quantitative estimate of drug-likeness (QED) is 0.163. The molecule has 4 aliphatic carbocycles. The summed E-state index contributed by atoms with van der Waals surface area (Å²) in [7, 11) is 0. The predicted molar refractivity (Wildman–Crippen MR) is 307 cm³/mol. The van der Waals surface area contributed by atoms with Crippen LogP contribution >= 0.6 is 0 Å². The molecule has 0 bridgehead atoms. The second kappa shape index (κ2) is 14.8. The van der Waals surface area contributed by atoms with Crippen LogP contribution in [0.5, 0.6) is 0 Å². The lowest BCUT2D eigenvalue weighted by molar-refractivity contribution is 0.332. The Balaban J connectivity index is 1.28. The van der Waals surface area contributed by atoms with Gasteiger partial charge in [0.15, 0.2) is 0 Å². The van der Waals surface area contributed by atoms with Crippen LogP contribution in [0, 0.1) is 0 Å². The highest BCUT2D eigenvalue weighted by molar-refractivity contribution is 7.00. The molecule has 0 aromatic heterocycles. The van der Waals surface area contributed by atoms with Crippen molar-refractivity contribution in [2.24, 2.45) is 0 Å². The standard InChI is InChI=1S/C68H81BN2/c1-61(2)26-28-63(5,6)48-36-44(22-24-46(48)61)70-56-40-52-50(65(9,10)30-32-67(52,13)14)38-54(56)69-55-39-51-53(68(15,16)33-31-66(51,11)12)41-57(55)71(45-23-25-47-49(37-45)64(7,8)29-27-62(47,3)4)59-35-43(34-58(70)60(59)69)42-20-18-17-19-21-42/h17-25,34-41H,26-33H2,1-16H3/i17D,18D,19D,20D,21D. The molecule has 6 aromatic rings. The van der Waals surface area contributed by atoms with Crippen molar-refractivity contribution >= 4 is 57.2 Å². The SMILES string of the molecule is [2H]c1c([2H])c([2H])c(-c2cc3c4c(c2)N(c2ccc5c(c2)C(C)(C)CCC5(C)C)c2cc5c(cc2B4c2cc4c(cc2N3c2ccc3c(c2)C(C)(C)CCC3(C)C)C(C)(C)CCC4(C)C)C(C)(C)CCC5(C)C)c([2H])c1[2H]. The van der Waals surface area contributed by atoms with Gasteiger partial charge in [0.05, 0.1) is 6.85 Å². The zero-order valence-corrected chi connectivity index (χ0v) is 46.1. The molecular weight excluding hydrogens is 856 g/mol. The molecule has 0 saturated carbocycles. The van der Waals surface area contributed by atoms with E-state index in [-0.39, 0.29) is 85.8 Å². The van der Waals surface area contributed by atoms with Crippen LogP contribution in [0.3, 0.4) is 0 Å². The van der Waals surface area contributed by atoms with E-state index in [0.29, 0.717) is 5.56 Å². The van der Waals surface area contributed by atoms with Gasteiger partial charge in [0.2, 0.25) is 0 Å². The van der Waals surface area contributed by atoms with Crippen molar-refractivity contribution in [2.75, 3.05) is 9.80 Å². The van der Waals surface area contributed by atoms with E-state index in [1.165, 1.54) is 60.9 Å². The molecule has 0 amide bonds. The lowest BCUT2D eigenvalue weighted by atomic mass is 9.32. The largest absolute Gasteiger partial charge is 0.311 e. The summed E-state index contributed by atoms with van der Waals surface area (Å²) in [5, 5.41) is 0. The van der Waals surface area contributed by atoms with Crippen molar-refractivity contribution < 1.29 is 6.85 Å². The Hall–Kier alpha value is -5.02. The van der Waals surface area contributed by atoms with Crippen LogP contribution in [-0.4, -0.2) is 6.71 Å². The van der Waals surface area contributed by atoms with E-state index in [1.807, 2.05) is 0 Å². The highest BCUT2D eigenvalue weighted by Gasteiger charge is 2.50. The summed E-state index contributed by atoms with van der Waals surface area (Å²) in [4.78, 5) is 5.07. The van der Waals surface area contributed by atoms with Crippen molar-refractivity contribution in [2.45, 2.75) is 205 Å². The Morgan fingerprint density at radius 1 is 0.338 bits per heavy atom. The van der Waals surface area contributed by atoms with Crippen molar-refractivity contribution in [3.63, 3.8) is 0 Å². The highest BCUT2D eigenvalue weighted by atomic mass is 15.2. The summed E-state index contributed by atoms with van der Waals surface area (Å²) in [6.07, 6.45) is 8.79. The normalized spacial score (nSPS) is 23.4. The Morgan fingerprint density at radius 3 is 1.00 bits per heavy atom. The minimum atomic E-state index is -0.381. The van der Waals surface area contributed by atoms with E-state index in [2.05, 4.69) is 193 Å². The third kappa shape index (κ3) is 6.92. The van der Waals surface area contributed by atoms with Gasteiger partial charge in [-0.2, -0.15) is 0 Å².